The summed E-state index contributed by atoms with van der Waals surface area (Å²) in [6, 6.07) is 8.58. The highest BCUT2D eigenvalue weighted by Crippen LogP contribution is 2.32. The molecule has 0 radical (unpaired) electrons. The van der Waals surface area contributed by atoms with Gasteiger partial charge >= 0.3 is 5.97 Å². The second kappa shape index (κ2) is 26.5. The number of amides is 5. The number of hydrogen-bond acceptors (Lipinski definition) is 11. The summed E-state index contributed by atoms with van der Waals surface area (Å²) in [6.45, 7) is 14.0. The third-order valence-corrected chi connectivity index (χ3v) is 13.9. The molecule has 3 rings (SSSR count). The van der Waals surface area contributed by atoms with E-state index in [9.17, 15) is 38.4 Å². The Labute approximate surface area is 393 Å². The van der Waals surface area contributed by atoms with Crippen molar-refractivity contribution in [2.45, 2.75) is 143 Å². The molecule has 1 aromatic rings. The number of esters is 1. The Bertz CT molecular complexity index is 1830. The number of likely N-dealkylation sites (N-methyl/N-ethyl adjacent to an activating group) is 1. The van der Waals surface area contributed by atoms with E-state index < -0.39 is 47.4 Å². The summed E-state index contributed by atoms with van der Waals surface area (Å²) in [5, 5.41) is 2.88. The maximum Gasteiger partial charge on any atom is 0.309 e. The lowest BCUT2D eigenvalue weighted by Crippen LogP contribution is -2.54. The Kier molecular flexibility index (Phi) is 22.3. The first-order valence-electron chi connectivity index (χ1n) is 23.8. The fourth-order valence-corrected chi connectivity index (χ4v) is 9.31. The minimum atomic E-state index is -0.956. The fourth-order valence-electron chi connectivity index (χ4n) is 9.31. The molecule has 0 bridgehead atoms. The highest BCUT2D eigenvalue weighted by Gasteiger charge is 2.44. The first-order valence-corrected chi connectivity index (χ1v) is 23.8. The number of benzene rings is 1. The van der Waals surface area contributed by atoms with Gasteiger partial charge in [-0.15, -0.1) is 0 Å². The maximum atomic E-state index is 14.5. The second-order valence-corrected chi connectivity index (χ2v) is 19.3. The lowest BCUT2D eigenvalue weighted by atomic mass is 9.79. The second-order valence-electron chi connectivity index (χ2n) is 19.3. The van der Waals surface area contributed by atoms with E-state index in [4.69, 9.17) is 14.2 Å². The molecule has 15 heteroatoms. The normalized spacial score (nSPS) is 18.4. The summed E-state index contributed by atoms with van der Waals surface area (Å²) in [4.78, 5) is 110. The van der Waals surface area contributed by atoms with E-state index in [1.54, 1.807) is 37.6 Å². The van der Waals surface area contributed by atoms with E-state index in [0.29, 0.717) is 51.6 Å². The van der Waals surface area contributed by atoms with Crippen LogP contribution in [0, 0.1) is 35.0 Å². The van der Waals surface area contributed by atoms with Crippen LogP contribution in [-0.2, 0) is 59.0 Å². The number of carbonyl (C=O) groups excluding carboxylic acids is 8. The predicted molar refractivity (Wildman–Crippen MR) is 250 cm³/mol. The first kappa shape index (κ1) is 55.6. The molecule has 2 aliphatic heterocycles. The minimum absolute atomic E-state index is 0.0207. The Balaban J connectivity index is 1.65. The van der Waals surface area contributed by atoms with Crippen LogP contribution in [0.3, 0.4) is 0 Å². The third-order valence-electron chi connectivity index (χ3n) is 13.9. The average Bonchev–Trinajstić information content (AvgIpc) is 3.91. The molecule has 0 unspecified atom stereocenters. The lowest BCUT2D eigenvalue weighted by molar-refractivity contribution is -0.150. The van der Waals surface area contributed by atoms with Crippen LogP contribution in [0.1, 0.15) is 118 Å². The Morgan fingerprint density at radius 2 is 1.53 bits per heavy atom. The van der Waals surface area contributed by atoms with E-state index >= 15 is 0 Å². The van der Waals surface area contributed by atoms with E-state index in [-0.39, 0.29) is 91.2 Å². The number of ether oxygens (including phenoxy) is 3. The van der Waals surface area contributed by atoms with Crippen molar-refractivity contribution < 1.29 is 52.6 Å². The zero-order valence-corrected chi connectivity index (χ0v) is 41.5. The van der Waals surface area contributed by atoms with Crippen molar-refractivity contribution in [2.24, 2.45) is 35.0 Å². The van der Waals surface area contributed by atoms with E-state index in [2.05, 4.69) is 5.32 Å². The van der Waals surface area contributed by atoms with Crippen LogP contribution in [0.25, 0.3) is 0 Å². The maximum absolute atomic E-state index is 14.5. The Morgan fingerprint density at radius 1 is 0.879 bits per heavy atom. The molecule has 1 saturated heterocycles. The van der Waals surface area contributed by atoms with Crippen molar-refractivity contribution in [1.29, 1.82) is 0 Å². The molecule has 0 aromatic heterocycles. The molecule has 15 nitrogen and oxygen atoms in total. The van der Waals surface area contributed by atoms with Gasteiger partial charge in [0.15, 0.2) is 0 Å². The van der Waals surface area contributed by atoms with Gasteiger partial charge in [0, 0.05) is 89.6 Å². The van der Waals surface area contributed by atoms with Crippen LogP contribution in [0.15, 0.2) is 42.5 Å². The van der Waals surface area contributed by atoms with Crippen molar-refractivity contribution in [2.75, 3.05) is 48.0 Å². The minimum Gasteiger partial charge on any atom is -0.469 e. The van der Waals surface area contributed by atoms with Gasteiger partial charge in [-0.1, -0.05) is 91.6 Å². The summed E-state index contributed by atoms with van der Waals surface area (Å²) in [7, 11) is 6.11. The summed E-state index contributed by atoms with van der Waals surface area (Å²) in [5.41, 5.74) is -0.0357. The number of nitrogens with one attached hydrogen (secondary N) is 1. The molecule has 1 fully saturated rings. The van der Waals surface area contributed by atoms with Crippen molar-refractivity contribution in [1.82, 2.24) is 20.0 Å². The van der Waals surface area contributed by atoms with Gasteiger partial charge in [0.25, 0.3) is 11.8 Å². The number of likely N-dealkylation sites (tertiary alicyclic amines) is 1. The number of carbonyl (C=O) groups is 8. The molecule has 8 atom stereocenters. The molecule has 0 aliphatic carbocycles. The topological polar surface area (TPSA) is 186 Å². The van der Waals surface area contributed by atoms with Crippen molar-refractivity contribution in [3.63, 3.8) is 0 Å². The Hall–Kier alpha value is -4.76. The van der Waals surface area contributed by atoms with E-state index in [0.717, 1.165) is 12.0 Å². The number of Topliss-reactive ketones (excluding diaryl/α,β-unsaturated/α-hetero) is 2. The molecule has 1 aromatic carbocycles. The molecule has 2 aliphatic rings. The molecule has 2 heterocycles. The van der Waals surface area contributed by atoms with Gasteiger partial charge < -0.3 is 29.3 Å². The lowest BCUT2D eigenvalue weighted by Gasteiger charge is -2.41. The van der Waals surface area contributed by atoms with Crippen LogP contribution in [0.5, 0.6) is 0 Å². The average molecular weight is 923 g/mol. The van der Waals surface area contributed by atoms with Gasteiger partial charge in [-0.3, -0.25) is 43.3 Å². The number of unbranched alkanes of at least 4 members (excludes halogenated alkanes) is 2. The zero-order valence-electron chi connectivity index (χ0n) is 41.5. The van der Waals surface area contributed by atoms with Crippen LogP contribution < -0.4 is 5.32 Å². The zero-order chi connectivity index (χ0) is 49.3. The van der Waals surface area contributed by atoms with E-state index in [1.807, 2.05) is 58.0 Å². The number of hydrogen-bond donors (Lipinski definition) is 1. The molecule has 5 amide bonds. The smallest absolute Gasteiger partial charge is 0.309 e. The van der Waals surface area contributed by atoms with Crippen LogP contribution >= 0.6 is 0 Å². The highest BCUT2D eigenvalue weighted by molar-refractivity contribution is 6.12. The molecule has 66 heavy (non-hydrogen) atoms. The van der Waals surface area contributed by atoms with Gasteiger partial charge in [0.2, 0.25) is 17.7 Å². The molecular weight excluding hydrogens is 845 g/mol. The van der Waals surface area contributed by atoms with Gasteiger partial charge in [-0.05, 0) is 49.5 Å². The molecule has 0 spiro atoms. The Morgan fingerprint density at radius 3 is 2.11 bits per heavy atom. The molecule has 1 N–H and O–H groups in total. The molecule has 368 valence electrons. The van der Waals surface area contributed by atoms with Crippen LogP contribution in [0.2, 0.25) is 0 Å². The summed E-state index contributed by atoms with van der Waals surface area (Å²) in [6.07, 6.45) is 5.56. The van der Waals surface area contributed by atoms with Gasteiger partial charge in [-0.25, -0.2) is 0 Å². The van der Waals surface area contributed by atoms with Gasteiger partial charge in [-0.2, -0.15) is 0 Å². The number of methoxy groups -OCH3 is 3. The number of rotatable bonds is 29. The summed E-state index contributed by atoms with van der Waals surface area (Å²) >= 11 is 0. The number of ketones is 2. The van der Waals surface area contributed by atoms with Crippen LogP contribution in [-0.4, -0.2) is 134 Å². The fraction of sp³-hybridized carbons (Fsp3) is 0.686. The largest absolute Gasteiger partial charge is 0.469 e. The van der Waals surface area contributed by atoms with Crippen molar-refractivity contribution in [3.8, 4) is 0 Å². The monoisotopic (exact) mass is 923 g/mol. The summed E-state index contributed by atoms with van der Waals surface area (Å²) < 4.78 is 17.1. The molecule has 0 saturated carbocycles. The number of imide groups is 1. The number of nitrogens with zero attached hydrogens (tertiary/aromatic N) is 3. The standard InChI is InChI=1S/C51H78N4O11/c1-12-34(4)47(53(8)49(62)38(33(2)3)30-42(57)51(6,7)32-52-43(58)23-17-14-18-26-55-44(59)24-25-45(55)60)41(64-9)31-46(61)54-27-19-22-39(54)48(65-10)35(5)40(56)29-37(50(63)66-11)28-36-20-15-13-16-21-36/h13,15-16,20-21,24-25,33-35,37-39,41,47-48H,12,14,17-19,22-23,26-32H2,1-11H3,(H,52,58)/t34-,35-,37+,38-,39-,41+,47-,48+/m0/s1. The summed E-state index contributed by atoms with van der Waals surface area (Å²) in [5.74, 6) is -4.26. The third kappa shape index (κ3) is 15.4. The van der Waals surface area contributed by atoms with Gasteiger partial charge in [0.1, 0.15) is 11.6 Å². The van der Waals surface area contributed by atoms with Crippen LogP contribution in [0.4, 0.5) is 0 Å². The first-order chi connectivity index (χ1) is 31.2. The van der Waals surface area contributed by atoms with E-state index in [1.165, 1.54) is 38.4 Å². The van der Waals surface area contributed by atoms with Gasteiger partial charge in [0.05, 0.1) is 43.7 Å². The molecular formula is C51H78N4O11. The highest BCUT2D eigenvalue weighted by atomic mass is 16.5. The van der Waals surface area contributed by atoms with Crippen molar-refractivity contribution in [3.05, 3.63) is 48.0 Å². The van der Waals surface area contributed by atoms with Crippen molar-refractivity contribution >= 4 is 47.1 Å². The SMILES string of the molecule is CC[C@H](C)[C@@H]([C@@H](CC(=O)N1CCC[C@H]1[C@H](OC)[C@@H](C)C(=O)C[C@@H](Cc1ccccc1)C(=O)OC)OC)N(C)C(=O)[C@@H](CC(=O)C(C)(C)CNC(=O)CCCCCN1C(=O)C=CC1=O)C(C)C. The quantitative estimate of drug-likeness (QED) is 0.0586. The predicted octanol–water partition coefficient (Wildman–Crippen LogP) is 5.76.